The Bertz CT molecular complexity index is 384. The lowest BCUT2D eigenvalue weighted by molar-refractivity contribution is 0.519. The number of hydrogen-bond acceptors (Lipinski definition) is 2. The molecule has 0 aromatic heterocycles. The molecule has 3 heteroatoms. The van der Waals surface area contributed by atoms with E-state index in [1.807, 2.05) is 19.1 Å². The Morgan fingerprint density at radius 1 is 1.35 bits per heavy atom. The number of nitrogen functional groups attached to an aromatic ring is 1. The Hall–Kier alpha value is -0.890. The van der Waals surface area contributed by atoms with E-state index in [0.29, 0.717) is 0 Å². The van der Waals surface area contributed by atoms with Gasteiger partial charge in [-0.3, -0.25) is 0 Å². The van der Waals surface area contributed by atoms with Gasteiger partial charge in [-0.1, -0.05) is 37.3 Å². The van der Waals surface area contributed by atoms with E-state index in [2.05, 4.69) is 5.32 Å². The summed E-state index contributed by atoms with van der Waals surface area (Å²) >= 11 is 6.02. The molecule has 2 nitrogen and oxygen atoms in total. The van der Waals surface area contributed by atoms with Crippen molar-refractivity contribution in [3.8, 4) is 0 Å². The third-order valence-corrected chi connectivity index (χ3v) is 4.08. The predicted octanol–water partition coefficient (Wildman–Crippen LogP) is 4.22. The number of benzene rings is 1. The zero-order valence-electron chi connectivity index (χ0n) is 10.4. The van der Waals surface area contributed by atoms with E-state index in [4.69, 9.17) is 17.3 Å². The molecule has 2 rings (SSSR count). The van der Waals surface area contributed by atoms with E-state index in [9.17, 15) is 0 Å². The summed E-state index contributed by atoms with van der Waals surface area (Å²) < 4.78 is 0. The second kappa shape index (κ2) is 5.63. The molecule has 1 aromatic rings. The SMILES string of the molecule is Cc1cc(NCCC2CCCC2)c(N)cc1Cl. The van der Waals surface area contributed by atoms with Gasteiger partial charge < -0.3 is 11.1 Å². The van der Waals surface area contributed by atoms with E-state index in [-0.39, 0.29) is 0 Å². The molecule has 0 heterocycles. The van der Waals surface area contributed by atoms with Crippen LogP contribution in [0.15, 0.2) is 12.1 Å². The third-order valence-electron chi connectivity index (χ3n) is 3.67. The van der Waals surface area contributed by atoms with E-state index in [0.717, 1.165) is 34.4 Å². The van der Waals surface area contributed by atoms with Crippen LogP contribution in [0, 0.1) is 12.8 Å². The van der Waals surface area contributed by atoms with Crippen LogP contribution >= 0.6 is 11.6 Å². The molecule has 1 aromatic carbocycles. The highest BCUT2D eigenvalue weighted by Gasteiger charge is 2.14. The van der Waals surface area contributed by atoms with Crippen molar-refractivity contribution >= 4 is 23.0 Å². The number of aryl methyl sites for hydroxylation is 1. The normalized spacial score (nSPS) is 16.4. The summed E-state index contributed by atoms with van der Waals surface area (Å²) in [7, 11) is 0. The summed E-state index contributed by atoms with van der Waals surface area (Å²) in [6.07, 6.45) is 6.87. The molecule has 0 bridgehead atoms. The zero-order valence-corrected chi connectivity index (χ0v) is 11.2. The maximum Gasteiger partial charge on any atom is 0.0577 e. The Labute approximate surface area is 109 Å². The van der Waals surface area contributed by atoms with Crippen LogP contribution in [-0.4, -0.2) is 6.54 Å². The second-order valence-corrected chi connectivity index (χ2v) is 5.46. The first kappa shape index (κ1) is 12.6. The van der Waals surface area contributed by atoms with Crippen molar-refractivity contribution in [2.24, 2.45) is 5.92 Å². The highest BCUT2D eigenvalue weighted by Crippen LogP contribution is 2.29. The number of halogens is 1. The average molecular weight is 253 g/mol. The molecule has 1 fully saturated rings. The fourth-order valence-electron chi connectivity index (χ4n) is 2.56. The van der Waals surface area contributed by atoms with Gasteiger partial charge in [0.25, 0.3) is 0 Å². The van der Waals surface area contributed by atoms with Gasteiger partial charge in [0.2, 0.25) is 0 Å². The minimum atomic E-state index is 0.740. The maximum absolute atomic E-state index is 6.02. The molecule has 0 aliphatic heterocycles. The van der Waals surface area contributed by atoms with E-state index < -0.39 is 0 Å². The van der Waals surface area contributed by atoms with Gasteiger partial charge in [0.1, 0.15) is 0 Å². The van der Waals surface area contributed by atoms with Crippen molar-refractivity contribution in [1.29, 1.82) is 0 Å². The van der Waals surface area contributed by atoms with Gasteiger partial charge in [-0.05, 0) is 37.0 Å². The van der Waals surface area contributed by atoms with Crippen LogP contribution in [0.2, 0.25) is 5.02 Å². The second-order valence-electron chi connectivity index (χ2n) is 5.05. The summed E-state index contributed by atoms with van der Waals surface area (Å²) in [5, 5.41) is 4.16. The van der Waals surface area contributed by atoms with Crippen LogP contribution in [0.3, 0.4) is 0 Å². The van der Waals surface area contributed by atoms with E-state index in [1.165, 1.54) is 32.1 Å². The summed E-state index contributed by atoms with van der Waals surface area (Å²) in [4.78, 5) is 0. The first-order valence-corrected chi connectivity index (χ1v) is 6.84. The Kier molecular flexibility index (Phi) is 4.16. The molecule has 0 radical (unpaired) electrons. The van der Waals surface area contributed by atoms with E-state index in [1.54, 1.807) is 0 Å². The van der Waals surface area contributed by atoms with Crippen molar-refractivity contribution in [2.45, 2.75) is 39.0 Å². The van der Waals surface area contributed by atoms with Gasteiger partial charge in [0.15, 0.2) is 0 Å². The molecular formula is C14H21ClN2. The Balaban J connectivity index is 1.87. The monoisotopic (exact) mass is 252 g/mol. The molecule has 1 aliphatic carbocycles. The standard InChI is InChI=1S/C14H21ClN2/c1-10-8-14(13(16)9-12(10)15)17-7-6-11-4-2-3-5-11/h8-9,11,17H,2-7,16H2,1H3. The molecule has 1 aliphatic rings. The minimum absolute atomic E-state index is 0.740. The molecule has 0 spiro atoms. The molecule has 0 saturated heterocycles. The van der Waals surface area contributed by atoms with Gasteiger partial charge in [0, 0.05) is 11.6 Å². The number of nitrogens with one attached hydrogen (secondary N) is 1. The number of nitrogens with two attached hydrogens (primary N) is 1. The average Bonchev–Trinajstić information content (AvgIpc) is 2.78. The molecule has 0 unspecified atom stereocenters. The molecule has 0 atom stereocenters. The maximum atomic E-state index is 6.02. The third kappa shape index (κ3) is 3.29. The van der Waals surface area contributed by atoms with Crippen LogP contribution in [0.1, 0.15) is 37.7 Å². The highest BCUT2D eigenvalue weighted by atomic mass is 35.5. The number of hydrogen-bond donors (Lipinski definition) is 2. The minimum Gasteiger partial charge on any atom is -0.397 e. The molecule has 17 heavy (non-hydrogen) atoms. The van der Waals surface area contributed by atoms with Gasteiger partial charge in [-0.15, -0.1) is 0 Å². The number of anilines is 2. The van der Waals surface area contributed by atoms with Crippen LogP contribution < -0.4 is 11.1 Å². The van der Waals surface area contributed by atoms with Crippen molar-refractivity contribution in [3.05, 3.63) is 22.7 Å². The summed E-state index contributed by atoms with van der Waals surface area (Å²) in [6, 6.07) is 3.86. The lowest BCUT2D eigenvalue weighted by atomic mass is 10.0. The predicted molar refractivity (Wildman–Crippen MR) is 75.7 cm³/mol. The topological polar surface area (TPSA) is 38.0 Å². The summed E-state index contributed by atoms with van der Waals surface area (Å²) in [5.41, 5.74) is 8.77. The first-order valence-electron chi connectivity index (χ1n) is 6.46. The molecule has 3 N–H and O–H groups in total. The quantitative estimate of drug-likeness (QED) is 0.788. The fourth-order valence-corrected chi connectivity index (χ4v) is 2.73. The number of rotatable bonds is 4. The van der Waals surface area contributed by atoms with Crippen molar-refractivity contribution in [1.82, 2.24) is 0 Å². The first-order chi connectivity index (χ1) is 8.16. The fraction of sp³-hybridized carbons (Fsp3) is 0.571. The van der Waals surface area contributed by atoms with Gasteiger partial charge >= 0.3 is 0 Å². The lowest BCUT2D eigenvalue weighted by Crippen LogP contribution is -2.08. The summed E-state index contributed by atoms with van der Waals surface area (Å²) in [6.45, 7) is 3.01. The highest BCUT2D eigenvalue weighted by molar-refractivity contribution is 6.31. The molecule has 1 saturated carbocycles. The van der Waals surface area contributed by atoms with Gasteiger partial charge in [-0.25, -0.2) is 0 Å². The van der Waals surface area contributed by atoms with Crippen LogP contribution in [0.4, 0.5) is 11.4 Å². The van der Waals surface area contributed by atoms with Crippen molar-refractivity contribution in [2.75, 3.05) is 17.6 Å². The zero-order chi connectivity index (χ0) is 12.3. The molecule has 94 valence electrons. The Morgan fingerprint density at radius 3 is 2.76 bits per heavy atom. The van der Waals surface area contributed by atoms with Crippen LogP contribution in [-0.2, 0) is 0 Å². The van der Waals surface area contributed by atoms with E-state index >= 15 is 0 Å². The van der Waals surface area contributed by atoms with Crippen molar-refractivity contribution in [3.63, 3.8) is 0 Å². The summed E-state index contributed by atoms with van der Waals surface area (Å²) in [5.74, 6) is 0.914. The van der Waals surface area contributed by atoms with Gasteiger partial charge in [0.05, 0.1) is 11.4 Å². The van der Waals surface area contributed by atoms with Crippen molar-refractivity contribution < 1.29 is 0 Å². The smallest absolute Gasteiger partial charge is 0.0577 e. The van der Waals surface area contributed by atoms with Crippen LogP contribution in [0.25, 0.3) is 0 Å². The molecular weight excluding hydrogens is 232 g/mol. The van der Waals surface area contributed by atoms with Crippen LogP contribution in [0.5, 0.6) is 0 Å². The largest absolute Gasteiger partial charge is 0.397 e. The van der Waals surface area contributed by atoms with Gasteiger partial charge in [-0.2, -0.15) is 0 Å². The Morgan fingerprint density at radius 2 is 2.06 bits per heavy atom. The lowest BCUT2D eigenvalue weighted by Gasteiger charge is -2.13. The molecule has 0 amide bonds.